The van der Waals surface area contributed by atoms with Gasteiger partial charge in [0.1, 0.15) is 6.04 Å². The van der Waals surface area contributed by atoms with E-state index in [1.165, 1.54) is 13.8 Å². The maximum Gasteiger partial charge on any atom is 0.322 e. The highest BCUT2D eigenvalue weighted by Gasteiger charge is 2.29. The highest BCUT2D eigenvalue weighted by molar-refractivity contribution is 7.90. The summed E-state index contributed by atoms with van der Waals surface area (Å²) in [4.78, 5) is 10.9. The third-order valence-electron chi connectivity index (χ3n) is 2.39. The van der Waals surface area contributed by atoms with Gasteiger partial charge in [-0.05, 0) is 19.8 Å². The zero-order valence-electron chi connectivity index (χ0n) is 9.52. The van der Waals surface area contributed by atoms with Crippen LogP contribution in [0.25, 0.3) is 0 Å². The van der Waals surface area contributed by atoms with Crippen molar-refractivity contribution in [1.29, 1.82) is 0 Å². The van der Waals surface area contributed by atoms with Crippen molar-refractivity contribution in [1.82, 2.24) is 4.72 Å². The van der Waals surface area contributed by atoms with Crippen LogP contribution in [0, 0.1) is 5.92 Å². The number of aliphatic carboxylic acids is 1. The van der Waals surface area contributed by atoms with Gasteiger partial charge in [-0.2, -0.15) is 0 Å². The molecular weight excluding hydrogens is 218 g/mol. The van der Waals surface area contributed by atoms with Crippen LogP contribution >= 0.6 is 0 Å². The van der Waals surface area contributed by atoms with Crippen molar-refractivity contribution in [2.75, 3.05) is 0 Å². The van der Waals surface area contributed by atoms with Crippen LogP contribution in [0.15, 0.2) is 0 Å². The van der Waals surface area contributed by atoms with Crippen LogP contribution in [0.3, 0.4) is 0 Å². The summed E-state index contributed by atoms with van der Waals surface area (Å²) in [5.74, 6) is -1.36. The Hall–Kier alpha value is -0.620. The van der Waals surface area contributed by atoms with Crippen molar-refractivity contribution in [2.45, 2.75) is 45.4 Å². The first-order chi connectivity index (χ1) is 6.72. The van der Waals surface area contributed by atoms with Gasteiger partial charge >= 0.3 is 5.97 Å². The largest absolute Gasteiger partial charge is 0.480 e. The van der Waals surface area contributed by atoms with E-state index in [9.17, 15) is 13.2 Å². The van der Waals surface area contributed by atoms with Gasteiger partial charge in [0, 0.05) is 0 Å². The van der Waals surface area contributed by atoms with Gasteiger partial charge in [-0.3, -0.25) is 4.79 Å². The summed E-state index contributed by atoms with van der Waals surface area (Å²) in [6.07, 6.45) is 0.609. The second-order valence-corrected chi connectivity index (χ2v) is 6.18. The van der Waals surface area contributed by atoms with Crippen LogP contribution in [-0.2, 0) is 14.8 Å². The summed E-state index contributed by atoms with van der Waals surface area (Å²) in [7, 11) is -3.53. The van der Waals surface area contributed by atoms with Gasteiger partial charge in [-0.25, -0.2) is 13.1 Å². The number of hydrogen-bond donors (Lipinski definition) is 2. The Morgan fingerprint density at radius 1 is 1.33 bits per heavy atom. The van der Waals surface area contributed by atoms with Crippen molar-refractivity contribution < 1.29 is 18.3 Å². The lowest BCUT2D eigenvalue weighted by molar-refractivity contribution is -0.140. The van der Waals surface area contributed by atoms with Crippen LogP contribution in [-0.4, -0.2) is 30.8 Å². The molecular formula is C9H19NO4S. The molecule has 0 aliphatic rings. The Labute approximate surface area is 90.9 Å². The molecule has 0 aromatic carbocycles. The molecule has 5 nitrogen and oxygen atoms in total. The molecule has 0 saturated carbocycles. The van der Waals surface area contributed by atoms with E-state index >= 15 is 0 Å². The smallest absolute Gasteiger partial charge is 0.322 e. The van der Waals surface area contributed by atoms with Crippen LogP contribution in [0.2, 0.25) is 0 Å². The summed E-state index contributed by atoms with van der Waals surface area (Å²) in [5, 5.41) is 8.27. The molecule has 2 atom stereocenters. The van der Waals surface area contributed by atoms with E-state index in [1.54, 1.807) is 6.92 Å². The molecule has 2 N–H and O–H groups in total. The number of rotatable bonds is 6. The molecule has 15 heavy (non-hydrogen) atoms. The normalized spacial score (nSPS) is 16.3. The Bertz CT molecular complexity index is 310. The molecule has 0 amide bonds. The lowest BCUT2D eigenvalue weighted by Crippen LogP contribution is -2.47. The average molecular weight is 237 g/mol. The molecule has 0 bridgehead atoms. The monoisotopic (exact) mass is 237 g/mol. The third-order valence-corrected chi connectivity index (χ3v) is 4.21. The number of hydrogen-bond acceptors (Lipinski definition) is 3. The molecule has 0 spiro atoms. The maximum absolute atomic E-state index is 11.5. The second kappa shape index (κ2) is 5.46. The van der Waals surface area contributed by atoms with E-state index in [2.05, 4.69) is 4.72 Å². The molecule has 0 aromatic rings. The molecule has 6 heteroatoms. The Kier molecular flexibility index (Phi) is 5.23. The zero-order valence-corrected chi connectivity index (χ0v) is 10.3. The predicted molar refractivity (Wildman–Crippen MR) is 58.1 cm³/mol. The molecule has 0 rings (SSSR count). The van der Waals surface area contributed by atoms with Crippen molar-refractivity contribution in [2.24, 2.45) is 5.92 Å². The molecule has 0 aliphatic heterocycles. The van der Waals surface area contributed by atoms with E-state index in [0.717, 1.165) is 0 Å². The SMILES string of the molecule is CCC(C)[C@H](NS(=O)(=O)C(C)C)C(=O)O. The fourth-order valence-electron chi connectivity index (χ4n) is 0.959. The number of nitrogens with one attached hydrogen (secondary N) is 1. The molecule has 0 heterocycles. The van der Waals surface area contributed by atoms with Crippen LogP contribution < -0.4 is 4.72 Å². The fourth-order valence-corrected chi connectivity index (χ4v) is 1.92. The summed E-state index contributed by atoms with van der Waals surface area (Å²) in [5.41, 5.74) is 0. The van der Waals surface area contributed by atoms with Gasteiger partial charge in [0.05, 0.1) is 5.25 Å². The molecule has 0 radical (unpaired) electrons. The lowest BCUT2D eigenvalue weighted by Gasteiger charge is -2.21. The Morgan fingerprint density at radius 3 is 2.07 bits per heavy atom. The quantitative estimate of drug-likeness (QED) is 0.716. The maximum atomic E-state index is 11.5. The van der Waals surface area contributed by atoms with Crippen LogP contribution in [0.5, 0.6) is 0 Å². The average Bonchev–Trinajstić information content (AvgIpc) is 2.12. The number of carboxylic acids is 1. The molecule has 1 unspecified atom stereocenters. The van der Waals surface area contributed by atoms with Crippen molar-refractivity contribution >= 4 is 16.0 Å². The lowest BCUT2D eigenvalue weighted by atomic mass is 10.0. The molecule has 0 fully saturated rings. The van der Waals surface area contributed by atoms with Crippen LogP contribution in [0.4, 0.5) is 0 Å². The minimum atomic E-state index is -3.53. The van der Waals surface area contributed by atoms with E-state index in [1.807, 2.05) is 6.92 Å². The first kappa shape index (κ1) is 14.4. The molecule has 0 aliphatic carbocycles. The zero-order chi connectivity index (χ0) is 12.2. The minimum absolute atomic E-state index is 0.226. The van der Waals surface area contributed by atoms with Gasteiger partial charge in [0.2, 0.25) is 10.0 Å². The van der Waals surface area contributed by atoms with Gasteiger partial charge in [0.15, 0.2) is 0 Å². The minimum Gasteiger partial charge on any atom is -0.480 e. The standard InChI is InChI=1S/C9H19NO4S/c1-5-7(4)8(9(11)12)10-15(13,14)6(2)3/h6-8,10H,5H2,1-4H3,(H,11,12)/t7?,8-/m0/s1. The highest BCUT2D eigenvalue weighted by atomic mass is 32.2. The van der Waals surface area contributed by atoms with Crippen molar-refractivity contribution in [3.63, 3.8) is 0 Å². The van der Waals surface area contributed by atoms with Gasteiger partial charge in [-0.1, -0.05) is 20.3 Å². The van der Waals surface area contributed by atoms with Gasteiger partial charge < -0.3 is 5.11 Å². The van der Waals surface area contributed by atoms with Crippen molar-refractivity contribution in [3.8, 4) is 0 Å². The van der Waals surface area contributed by atoms with Crippen molar-refractivity contribution in [3.05, 3.63) is 0 Å². The predicted octanol–water partition coefficient (Wildman–Crippen LogP) is 0.813. The Morgan fingerprint density at radius 2 is 1.80 bits per heavy atom. The van der Waals surface area contributed by atoms with E-state index in [0.29, 0.717) is 6.42 Å². The topological polar surface area (TPSA) is 83.5 Å². The van der Waals surface area contributed by atoms with E-state index in [-0.39, 0.29) is 5.92 Å². The summed E-state index contributed by atoms with van der Waals surface area (Å²) in [6.45, 7) is 6.56. The molecule has 0 aromatic heterocycles. The molecule has 90 valence electrons. The summed E-state index contributed by atoms with van der Waals surface area (Å²) >= 11 is 0. The number of carboxylic acid groups (broad SMARTS) is 1. The second-order valence-electron chi connectivity index (χ2n) is 3.91. The van der Waals surface area contributed by atoms with E-state index in [4.69, 9.17) is 5.11 Å². The van der Waals surface area contributed by atoms with Gasteiger partial charge in [0.25, 0.3) is 0 Å². The van der Waals surface area contributed by atoms with Crippen LogP contribution in [0.1, 0.15) is 34.1 Å². The van der Waals surface area contributed by atoms with Gasteiger partial charge in [-0.15, -0.1) is 0 Å². The Balaban J connectivity index is 4.78. The first-order valence-electron chi connectivity index (χ1n) is 4.96. The summed E-state index contributed by atoms with van der Waals surface area (Å²) in [6, 6.07) is -1.04. The number of sulfonamides is 1. The highest BCUT2D eigenvalue weighted by Crippen LogP contribution is 2.10. The van der Waals surface area contributed by atoms with E-state index < -0.39 is 27.3 Å². The molecule has 0 saturated heterocycles. The summed E-state index contributed by atoms with van der Waals surface area (Å²) < 4.78 is 25.2. The fraction of sp³-hybridized carbons (Fsp3) is 0.889. The number of carbonyl (C=O) groups is 1. The third kappa shape index (κ3) is 4.17. The first-order valence-corrected chi connectivity index (χ1v) is 6.51.